The fourth-order valence-corrected chi connectivity index (χ4v) is 3.74. The van der Waals surface area contributed by atoms with E-state index in [4.69, 9.17) is 17.0 Å². The van der Waals surface area contributed by atoms with Crippen molar-refractivity contribution in [2.75, 3.05) is 25.0 Å². The number of amides is 2. The molecule has 184 valence electrons. The quantitative estimate of drug-likeness (QED) is 0.346. The van der Waals surface area contributed by atoms with Gasteiger partial charge in [0.25, 0.3) is 5.91 Å². The van der Waals surface area contributed by atoms with Gasteiger partial charge in [-0.2, -0.15) is 0 Å². The maximum Gasteiger partial charge on any atom is 0.253 e. The molecule has 0 bridgehead atoms. The molecule has 0 fully saturated rings. The van der Waals surface area contributed by atoms with E-state index in [1.165, 1.54) is 0 Å². The van der Waals surface area contributed by atoms with E-state index in [-0.39, 0.29) is 16.9 Å². The highest BCUT2D eigenvalue weighted by Crippen LogP contribution is 2.24. The van der Waals surface area contributed by atoms with Gasteiger partial charge in [0.15, 0.2) is 5.11 Å². The lowest BCUT2D eigenvalue weighted by atomic mass is 9.87. The fourth-order valence-electron chi connectivity index (χ4n) is 3.53. The number of nitrogens with one attached hydrogen (secondary N) is 2. The Morgan fingerprint density at radius 3 is 2.44 bits per heavy atom. The van der Waals surface area contributed by atoms with Gasteiger partial charge in [-0.1, -0.05) is 32.0 Å². The van der Waals surface area contributed by atoms with Crippen LogP contribution in [0.3, 0.4) is 0 Å². The monoisotopic (exact) mass is 483 g/mol. The average molecular weight is 484 g/mol. The molecule has 0 radical (unpaired) electrons. The minimum atomic E-state index is -0.614. The summed E-state index contributed by atoms with van der Waals surface area (Å²) < 4.78 is 5.92. The second kappa shape index (κ2) is 12.5. The number of hydrogen-bond donors (Lipinski definition) is 2. The third-order valence-electron chi connectivity index (χ3n) is 5.81. The minimum Gasteiger partial charge on any atom is -0.493 e. The molecule has 2 amide bonds. The van der Waals surface area contributed by atoms with Crippen molar-refractivity contribution < 1.29 is 14.3 Å². The lowest BCUT2D eigenvalue weighted by molar-refractivity contribution is -0.128. The molecule has 0 atom stereocenters. The second-order valence-corrected chi connectivity index (χ2v) is 9.48. The molecule has 0 aromatic heterocycles. The number of rotatable bonds is 10. The lowest BCUT2D eigenvalue weighted by Crippen LogP contribution is -2.42. The molecule has 2 aromatic rings. The summed E-state index contributed by atoms with van der Waals surface area (Å²) in [5.74, 6) is 0.689. The standard InChI is InChI=1S/C27H37N3O3S/c1-7-30(8-2)24(31)21-11-9-12-22(18-21)28-26(34)29-25(32)27(5,6)15-10-16-33-23-17-19(3)13-14-20(23)4/h9,11-14,17-18H,7-8,10,15-16H2,1-6H3,(H2,28,29,32,34). The van der Waals surface area contributed by atoms with E-state index in [0.29, 0.717) is 37.4 Å². The van der Waals surface area contributed by atoms with E-state index in [0.717, 1.165) is 23.3 Å². The molecule has 0 saturated heterocycles. The van der Waals surface area contributed by atoms with E-state index in [9.17, 15) is 9.59 Å². The predicted octanol–water partition coefficient (Wildman–Crippen LogP) is 5.48. The molecule has 7 heteroatoms. The first kappa shape index (κ1) is 27.3. The molecule has 2 aromatic carbocycles. The van der Waals surface area contributed by atoms with Crippen molar-refractivity contribution in [2.24, 2.45) is 5.41 Å². The average Bonchev–Trinajstić information content (AvgIpc) is 2.79. The molecular weight excluding hydrogens is 446 g/mol. The molecule has 0 saturated carbocycles. The third-order valence-corrected chi connectivity index (χ3v) is 6.01. The Kier molecular flexibility index (Phi) is 10.1. The topological polar surface area (TPSA) is 70.7 Å². The summed E-state index contributed by atoms with van der Waals surface area (Å²) in [6, 6.07) is 13.3. The zero-order chi connectivity index (χ0) is 25.3. The van der Waals surface area contributed by atoms with Crippen molar-refractivity contribution in [3.05, 3.63) is 59.2 Å². The summed E-state index contributed by atoms with van der Waals surface area (Å²) in [6.07, 6.45) is 1.39. The van der Waals surface area contributed by atoms with Crippen molar-refractivity contribution in [3.63, 3.8) is 0 Å². The summed E-state index contributed by atoms with van der Waals surface area (Å²) in [4.78, 5) is 27.2. The number of thiocarbonyl (C=S) groups is 1. The molecule has 0 aliphatic heterocycles. The first-order valence-corrected chi connectivity index (χ1v) is 12.2. The van der Waals surface area contributed by atoms with Crippen LogP contribution in [0.5, 0.6) is 5.75 Å². The molecule has 34 heavy (non-hydrogen) atoms. The molecule has 0 heterocycles. The van der Waals surface area contributed by atoms with E-state index in [1.54, 1.807) is 23.1 Å². The van der Waals surface area contributed by atoms with Crippen LogP contribution in [0.4, 0.5) is 5.69 Å². The third kappa shape index (κ3) is 7.83. The van der Waals surface area contributed by atoms with Crippen LogP contribution in [0.15, 0.2) is 42.5 Å². The zero-order valence-electron chi connectivity index (χ0n) is 21.2. The number of carbonyl (C=O) groups is 2. The SMILES string of the molecule is CCN(CC)C(=O)c1cccc(NC(=S)NC(=O)C(C)(C)CCCOc2cc(C)ccc2C)c1. The van der Waals surface area contributed by atoms with Gasteiger partial charge in [-0.25, -0.2) is 0 Å². The van der Waals surface area contributed by atoms with Crippen LogP contribution in [0.2, 0.25) is 0 Å². The number of aryl methyl sites for hydroxylation is 2. The Labute approximate surface area is 209 Å². The first-order chi connectivity index (χ1) is 16.1. The molecule has 2 N–H and O–H groups in total. The van der Waals surface area contributed by atoms with E-state index in [2.05, 4.69) is 16.7 Å². The second-order valence-electron chi connectivity index (χ2n) is 9.07. The fraction of sp³-hybridized carbons (Fsp3) is 0.444. The minimum absolute atomic E-state index is 0.0344. The number of ether oxygens (including phenoxy) is 1. The highest BCUT2D eigenvalue weighted by molar-refractivity contribution is 7.80. The number of nitrogens with zero attached hydrogens (tertiary/aromatic N) is 1. The van der Waals surface area contributed by atoms with Crippen molar-refractivity contribution in [3.8, 4) is 5.75 Å². The molecule has 0 aliphatic carbocycles. The van der Waals surface area contributed by atoms with Gasteiger partial charge in [0, 0.05) is 29.8 Å². The summed E-state index contributed by atoms with van der Waals surface area (Å²) in [7, 11) is 0. The van der Waals surface area contributed by atoms with E-state index < -0.39 is 5.41 Å². The Morgan fingerprint density at radius 2 is 1.76 bits per heavy atom. The summed E-state index contributed by atoms with van der Waals surface area (Å²) in [6.45, 7) is 13.6. The van der Waals surface area contributed by atoms with Crippen molar-refractivity contribution in [1.29, 1.82) is 0 Å². The van der Waals surface area contributed by atoms with Crippen LogP contribution >= 0.6 is 12.2 Å². The molecule has 0 unspecified atom stereocenters. The number of hydrogen-bond acceptors (Lipinski definition) is 4. The van der Waals surface area contributed by atoms with Crippen LogP contribution in [0.25, 0.3) is 0 Å². The first-order valence-electron chi connectivity index (χ1n) is 11.8. The Morgan fingerprint density at radius 1 is 1.06 bits per heavy atom. The predicted molar refractivity (Wildman–Crippen MR) is 142 cm³/mol. The van der Waals surface area contributed by atoms with E-state index >= 15 is 0 Å². The van der Waals surface area contributed by atoms with Crippen LogP contribution in [-0.2, 0) is 4.79 Å². The van der Waals surface area contributed by atoms with E-state index in [1.807, 2.05) is 59.7 Å². The smallest absolute Gasteiger partial charge is 0.253 e. The Balaban J connectivity index is 1.87. The number of anilines is 1. The molecule has 6 nitrogen and oxygen atoms in total. The van der Waals surface area contributed by atoms with Gasteiger partial charge in [0.05, 0.1) is 6.61 Å². The van der Waals surface area contributed by atoms with Gasteiger partial charge >= 0.3 is 0 Å². The highest BCUT2D eigenvalue weighted by atomic mass is 32.1. The highest BCUT2D eigenvalue weighted by Gasteiger charge is 2.28. The lowest BCUT2D eigenvalue weighted by Gasteiger charge is -2.24. The number of benzene rings is 2. The Hall–Kier alpha value is -2.93. The Bertz CT molecular complexity index is 1020. The van der Waals surface area contributed by atoms with Crippen LogP contribution in [0.1, 0.15) is 62.0 Å². The van der Waals surface area contributed by atoms with Gasteiger partial charge in [-0.05, 0) is 88.1 Å². The largest absolute Gasteiger partial charge is 0.493 e. The van der Waals surface area contributed by atoms with Gasteiger partial charge in [0.2, 0.25) is 5.91 Å². The van der Waals surface area contributed by atoms with Crippen LogP contribution in [0, 0.1) is 19.3 Å². The molecular formula is C27H37N3O3S. The maximum absolute atomic E-state index is 12.8. The molecule has 2 rings (SSSR count). The van der Waals surface area contributed by atoms with Gasteiger partial charge in [-0.15, -0.1) is 0 Å². The van der Waals surface area contributed by atoms with Crippen LogP contribution < -0.4 is 15.4 Å². The molecule has 0 aliphatic rings. The zero-order valence-corrected chi connectivity index (χ0v) is 22.0. The van der Waals surface area contributed by atoms with Gasteiger partial charge < -0.3 is 20.3 Å². The molecule has 0 spiro atoms. The maximum atomic E-state index is 12.8. The van der Waals surface area contributed by atoms with Crippen molar-refractivity contribution in [2.45, 2.75) is 54.4 Å². The van der Waals surface area contributed by atoms with Crippen molar-refractivity contribution >= 4 is 34.8 Å². The normalized spacial score (nSPS) is 11.0. The van der Waals surface area contributed by atoms with Gasteiger partial charge in [-0.3, -0.25) is 9.59 Å². The van der Waals surface area contributed by atoms with Crippen LogP contribution in [-0.4, -0.2) is 41.5 Å². The summed E-state index contributed by atoms with van der Waals surface area (Å²) >= 11 is 5.35. The van der Waals surface area contributed by atoms with Crippen molar-refractivity contribution in [1.82, 2.24) is 10.2 Å². The number of carbonyl (C=O) groups excluding carboxylic acids is 2. The van der Waals surface area contributed by atoms with Gasteiger partial charge in [0.1, 0.15) is 5.75 Å². The summed E-state index contributed by atoms with van der Waals surface area (Å²) in [5.41, 5.74) is 2.87. The summed E-state index contributed by atoms with van der Waals surface area (Å²) in [5, 5.41) is 6.01.